The molecule has 0 radical (unpaired) electrons. The van der Waals surface area contributed by atoms with Crippen LogP contribution >= 0.6 is 0 Å². The lowest BCUT2D eigenvalue weighted by Crippen LogP contribution is -2.52. The maximum atomic E-state index is 13.9. The highest BCUT2D eigenvalue weighted by Gasteiger charge is 2.39. The summed E-state index contributed by atoms with van der Waals surface area (Å²) in [4.78, 5) is 43.3. The molecule has 0 bridgehead atoms. The molecule has 1 atom stereocenters. The van der Waals surface area contributed by atoms with E-state index in [0.29, 0.717) is 40.9 Å². The first kappa shape index (κ1) is 32.9. The fourth-order valence-corrected chi connectivity index (χ4v) is 5.73. The Balaban J connectivity index is 1.27. The molecule has 14 heteroatoms. The van der Waals surface area contributed by atoms with Crippen LogP contribution in [0.4, 0.5) is 35.5 Å². The van der Waals surface area contributed by atoms with Crippen molar-refractivity contribution >= 4 is 17.9 Å². The second-order valence-electron chi connectivity index (χ2n) is 11.1. The molecule has 0 spiro atoms. The number of imide groups is 1. The van der Waals surface area contributed by atoms with Crippen molar-refractivity contribution in [3.8, 4) is 0 Å². The van der Waals surface area contributed by atoms with Gasteiger partial charge in [0.05, 0.1) is 34.9 Å². The number of aryl methyl sites for hydroxylation is 1. The smallest absolute Gasteiger partial charge is 0.416 e. The molecule has 0 N–H and O–H groups in total. The van der Waals surface area contributed by atoms with Crippen LogP contribution in [-0.4, -0.2) is 71.9 Å². The molecule has 1 saturated heterocycles. The van der Waals surface area contributed by atoms with Gasteiger partial charge in [0.1, 0.15) is 5.82 Å². The maximum absolute atomic E-state index is 13.9. The van der Waals surface area contributed by atoms with Gasteiger partial charge in [-0.25, -0.2) is 9.18 Å². The number of benzene rings is 3. The summed E-state index contributed by atoms with van der Waals surface area (Å²) in [5.41, 5.74) is -1.47. The quantitative estimate of drug-likeness (QED) is 0.216. The molecule has 3 amide bonds. The van der Waals surface area contributed by atoms with Crippen molar-refractivity contribution in [2.24, 2.45) is 0 Å². The van der Waals surface area contributed by atoms with E-state index in [1.807, 2.05) is 4.90 Å². The maximum Gasteiger partial charge on any atom is 0.416 e. The second-order valence-corrected chi connectivity index (χ2v) is 11.1. The van der Waals surface area contributed by atoms with Gasteiger partial charge in [-0.15, -0.1) is 0 Å². The molecular weight excluding hydrogens is 623 g/mol. The van der Waals surface area contributed by atoms with Gasteiger partial charge in [-0.3, -0.25) is 24.3 Å². The summed E-state index contributed by atoms with van der Waals surface area (Å²) in [5.74, 6) is -1.30. The van der Waals surface area contributed by atoms with Crippen LogP contribution < -0.4 is 0 Å². The van der Waals surface area contributed by atoms with Gasteiger partial charge in [0.2, 0.25) is 0 Å². The van der Waals surface area contributed by atoms with Crippen LogP contribution in [-0.2, 0) is 23.5 Å². The van der Waals surface area contributed by atoms with Crippen LogP contribution in [0.25, 0.3) is 0 Å². The van der Waals surface area contributed by atoms with Gasteiger partial charge < -0.3 is 4.74 Å². The van der Waals surface area contributed by atoms with Gasteiger partial charge in [-0.2, -0.15) is 26.3 Å². The summed E-state index contributed by atoms with van der Waals surface area (Å²) in [5, 5.41) is 0. The largest absolute Gasteiger partial charge is 0.449 e. The number of fused-ring (bicyclic) bond motifs is 1. The molecule has 244 valence electrons. The minimum absolute atomic E-state index is 0.0268. The fourth-order valence-electron chi connectivity index (χ4n) is 5.73. The van der Waals surface area contributed by atoms with Gasteiger partial charge in [0.15, 0.2) is 0 Å². The summed E-state index contributed by atoms with van der Waals surface area (Å²) < 4.78 is 98.7. The highest BCUT2D eigenvalue weighted by atomic mass is 19.4. The Bertz CT molecular complexity index is 1590. The Kier molecular flexibility index (Phi) is 9.12. The summed E-state index contributed by atoms with van der Waals surface area (Å²) in [6, 6.07) is 11.1. The van der Waals surface area contributed by atoms with Crippen LogP contribution in [0.3, 0.4) is 0 Å². The van der Waals surface area contributed by atoms with Crippen molar-refractivity contribution in [3.63, 3.8) is 0 Å². The first-order valence-corrected chi connectivity index (χ1v) is 14.3. The number of carbonyl (C=O) groups excluding carboxylic acids is 3. The molecule has 1 fully saturated rings. The number of rotatable bonds is 7. The van der Waals surface area contributed by atoms with Crippen molar-refractivity contribution in [3.05, 3.63) is 105 Å². The molecule has 3 aromatic rings. The van der Waals surface area contributed by atoms with Crippen LogP contribution in [0.1, 0.15) is 54.6 Å². The number of nitrogens with zero attached hydrogens (tertiary/aromatic N) is 3. The van der Waals surface area contributed by atoms with Crippen LogP contribution in [0.15, 0.2) is 60.7 Å². The topological polar surface area (TPSA) is 70.2 Å². The van der Waals surface area contributed by atoms with E-state index in [2.05, 4.69) is 0 Å². The lowest BCUT2D eigenvalue weighted by molar-refractivity contribution is -0.143. The molecule has 0 saturated carbocycles. The molecule has 0 aliphatic carbocycles. The van der Waals surface area contributed by atoms with E-state index in [0.717, 1.165) is 4.90 Å². The van der Waals surface area contributed by atoms with E-state index in [-0.39, 0.29) is 37.8 Å². The summed E-state index contributed by atoms with van der Waals surface area (Å²) in [7, 11) is 0. The highest BCUT2D eigenvalue weighted by molar-refractivity contribution is 6.21. The van der Waals surface area contributed by atoms with Gasteiger partial charge in [-0.05, 0) is 66.1 Å². The third-order valence-corrected chi connectivity index (χ3v) is 8.07. The Morgan fingerprint density at radius 2 is 1.46 bits per heavy atom. The number of ether oxygens (including phenoxy) is 1. The fraction of sp³-hybridized carbons (Fsp3) is 0.344. The molecule has 3 aromatic carbocycles. The molecule has 2 heterocycles. The zero-order valence-electron chi connectivity index (χ0n) is 24.4. The Morgan fingerprint density at radius 3 is 2.02 bits per heavy atom. The molecule has 1 unspecified atom stereocenters. The molecule has 46 heavy (non-hydrogen) atoms. The monoisotopic (exact) mass is 651 g/mol. The lowest BCUT2D eigenvalue weighted by atomic mass is 9.97. The molecule has 2 aliphatic rings. The van der Waals surface area contributed by atoms with E-state index in [1.54, 1.807) is 31.2 Å². The Morgan fingerprint density at radius 1 is 0.848 bits per heavy atom. The first-order chi connectivity index (χ1) is 21.6. The average Bonchev–Trinajstić information content (AvgIpc) is 3.23. The molecular formula is C32H28F7N3O4. The predicted molar refractivity (Wildman–Crippen MR) is 150 cm³/mol. The number of carbonyl (C=O) groups is 3. The lowest BCUT2D eigenvalue weighted by Gasteiger charge is -2.41. The molecule has 0 aromatic heterocycles. The van der Waals surface area contributed by atoms with E-state index >= 15 is 0 Å². The van der Waals surface area contributed by atoms with Gasteiger partial charge in [0, 0.05) is 39.1 Å². The van der Waals surface area contributed by atoms with Crippen molar-refractivity contribution in [1.29, 1.82) is 0 Å². The number of hydrogen-bond acceptors (Lipinski definition) is 5. The predicted octanol–water partition coefficient (Wildman–Crippen LogP) is 6.51. The van der Waals surface area contributed by atoms with Gasteiger partial charge >= 0.3 is 18.4 Å². The SMILES string of the molecule is Cc1cc(F)ccc1C1CN(CCN2C(=O)c3ccccc3C2=O)CCN1C(=O)OCCc1cc(C(F)(F)F)cc(C(F)(F)F)c1. The van der Waals surface area contributed by atoms with Gasteiger partial charge in [-0.1, -0.05) is 18.2 Å². The zero-order chi connectivity index (χ0) is 33.4. The number of piperazine rings is 1. The third kappa shape index (κ3) is 7.01. The number of hydrogen-bond donors (Lipinski definition) is 0. The minimum Gasteiger partial charge on any atom is -0.449 e. The molecule has 5 rings (SSSR count). The van der Waals surface area contributed by atoms with E-state index in [1.165, 1.54) is 23.1 Å². The normalized spacial score (nSPS) is 17.4. The highest BCUT2D eigenvalue weighted by Crippen LogP contribution is 2.36. The third-order valence-electron chi connectivity index (χ3n) is 8.07. The standard InChI is InChI=1S/C32H28F7N3O4/c1-19-14-23(33)6-7-24(19)27-18-40(10-12-42-28(43)25-4-2-3-5-26(25)29(42)44)9-11-41(27)30(45)46-13-8-20-15-21(31(34,35)36)17-22(16-20)32(37,38)39/h2-7,14-17,27H,8-13,18H2,1H3. The van der Waals surface area contributed by atoms with Crippen LogP contribution in [0.2, 0.25) is 0 Å². The van der Waals surface area contributed by atoms with E-state index < -0.39 is 66.3 Å². The van der Waals surface area contributed by atoms with E-state index in [9.17, 15) is 45.1 Å². The van der Waals surface area contributed by atoms with Crippen molar-refractivity contribution < 1.29 is 49.9 Å². The first-order valence-electron chi connectivity index (χ1n) is 14.3. The van der Waals surface area contributed by atoms with Crippen LogP contribution in [0, 0.1) is 12.7 Å². The summed E-state index contributed by atoms with van der Waals surface area (Å²) in [6.07, 6.45) is -11.3. The Labute approximate surface area is 259 Å². The Hall–Kier alpha value is -4.46. The van der Waals surface area contributed by atoms with Crippen molar-refractivity contribution in [2.75, 3.05) is 39.3 Å². The summed E-state index contributed by atoms with van der Waals surface area (Å²) in [6.45, 7) is 2.15. The molecule has 7 nitrogen and oxygen atoms in total. The second kappa shape index (κ2) is 12.7. The number of halogens is 7. The van der Waals surface area contributed by atoms with Crippen molar-refractivity contribution in [1.82, 2.24) is 14.7 Å². The summed E-state index contributed by atoms with van der Waals surface area (Å²) >= 11 is 0. The van der Waals surface area contributed by atoms with Crippen molar-refractivity contribution in [2.45, 2.75) is 31.7 Å². The minimum atomic E-state index is -5.01. The number of amides is 3. The van der Waals surface area contributed by atoms with Crippen LogP contribution in [0.5, 0.6) is 0 Å². The van der Waals surface area contributed by atoms with Gasteiger partial charge in [0.25, 0.3) is 11.8 Å². The average molecular weight is 652 g/mol. The molecule has 2 aliphatic heterocycles. The van der Waals surface area contributed by atoms with E-state index in [4.69, 9.17) is 4.74 Å². The number of alkyl halides is 6. The zero-order valence-corrected chi connectivity index (χ0v) is 24.4.